The van der Waals surface area contributed by atoms with Crippen LogP contribution in [-0.4, -0.2) is 7.42 Å². The fourth-order valence-electron chi connectivity index (χ4n) is 2.32. The second-order valence-corrected chi connectivity index (χ2v) is 11.0. The van der Waals surface area contributed by atoms with Gasteiger partial charge in [-0.1, -0.05) is 90.9 Å². The van der Waals surface area contributed by atoms with Crippen LogP contribution in [0.5, 0.6) is 0 Å². The normalized spacial score (nSPS) is 11.3. The quantitative estimate of drug-likeness (QED) is 0.181. The average molecular weight is 334 g/mol. The Morgan fingerprint density at radius 2 is 0.889 bits per heavy atom. The van der Waals surface area contributed by atoms with E-state index in [1.807, 2.05) is 0 Å². The van der Waals surface area contributed by atoms with Crippen LogP contribution >= 0.6 is 15.3 Å². The largest absolute Gasteiger partial charge is 0.135 e. The summed E-state index contributed by atoms with van der Waals surface area (Å²) in [6.45, 7) is 4.58. The molecular weight excluding hydrogens is 300 g/mol. The molecule has 0 fully saturated rings. The van der Waals surface area contributed by atoms with Gasteiger partial charge in [0.15, 0.2) is 0 Å². The van der Waals surface area contributed by atoms with Crippen molar-refractivity contribution >= 4 is 22.7 Å². The van der Waals surface area contributed by atoms with Crippen LogP contribution in [0.1, 0.15) is 90.9 Å². The summed E-state index contributed by atoms with van der Waals surface area (Å²) in [4.78, 5) is 0. The monoisotopic (exact) mass is 333 g/mol. The average Bonchev–Trinajstić information content (AvgIpc) is 2.38. The number of unbranched alkanes of at least 4 members (excludes halogenated alkanes) is 10. The van der Waals surface area contributed by atoms with Crippen molar-refractivity contribution in [3.8, 4) is 0 Å². The van der Waals surface area contributed by atoms with E-state index in [1.165, 1.54) is 89.1 Å². The summed E-state index contributed by atoms with van der Waals surface area (Å²) in [5, 5.41) is 0. The van der Waals surface area contributed by atoms with Crippen molar-refractivity contribution in [2.45, 2.75) is 103 Å². The summed E-state index contributed by atoms with van der Waals surface area (Å²) in [7, 11) is -0.162. The second kappa shape index (κ2) is 15.8. The topological polar surface area (TPSA) is 0 Å². The van der Waals surface area contributed by atoms with Gasteiger partial charge in [-0.25, -0.2) is 0 Å². The lowest BCUT2D eigenvalue weighted by molar-refractivity contribution is 0.618. The summed E-state index contributed by atoms with van der Waals surface area (Å²) in [6.07, 6.45) is 17.3. The molecule has 0 aromatic heterocycles. The Labute approximate surface area is 126 Å². The van der Waals surface area contributed by atoms with E-state index < -0.39 is 0 Å². The van der Waals surface area contributed by atoms with E-state index in [2.05, 4.69) is 29.1 Å². The van der Waals surface area contributed by atoms with Gasteiger partial charge in [0.2, 0.25) is 0 Å². The minimum atomic E-state index is -0.162. The smallest absolute Gasteiger partial charge is 0.129 e. The maximum atomic E-state index is 3.95. The molecule has 0 N–H and O–H groups in total. The Bertz CT molecular complexity index is 134. The standard InChI is InChI=1S/C16H34BrSi/c1-3-5-7-9-11-13-15-18(17)16-14-12-10-8-6-4-2/h3-16H2,1-2H3. The molecule has 109 valence electrons. The summed E-state index contributed by atoms with van der Waals surface area (Å²) in [6, 6.07) is 2.98. The van der Waals surface area contributed by atoms with Crippen LogP contribution in [0.2, 0.25) is 12.1 Å². The summed E-state index contributed by atoms with van der Waals surface area (Å²) < 4.78 is 0. The van der Waals surface area contributed by atoms with Crippen molar-refractivity contribution in [3.63, 3.8) is 0 Å². The van der Waals surface area contributed by atoms with Gasteiger partial charge < -0.3 is 0 Å². The van der Waals surface area contributed by atoms with Gasteiger partial charge in [-0.15, -0.1) is 15.3 Å². The Hall–Kier alpha value is 0.697. The molecule has 0 aromatic rings. The van der Waals surface area contributed by atoms with Crippen molar-refractivity contribution in [3.05, 3.63) is 0 Å². The third kappa shape index (κ3) is 14.8. The molecule has 0 bridgehead atoms. The van der Waals surface area contributed by atoms with Crippen LogP contribution in [0.3, 0.4) is 0 Å². The van der Waals surface area contributed by atoms with Crippen molar-refractivity contribution < 1.29 is 0 Å². The van der Waals surface area contributed by atoms with E-state index >= 15 is 0 Å². The van der Waals surface area contributed by atoms with E-state index in [0.717, 1.165) is 0 Å². The lowest BCUT2D eigenvalue weighted by Gasteiger charge is -2.07. The first-order valence-corrected chi connectivity index (χ1v) is 12.5. The van der Waals surface area contributed by atoms with Crippen molar-refractivity contribution in [2.24, 2.45) is 0 Å². The van der Waals surface area contributed by atoms with E-state index in [-0.39, 0.29) is 7.42 Å². The van der Waals surface area contributed by atoms with Crippen molar-refractivity contribution in [1.82, 2.24) is 0 Å². The first kappa shape index (κ1) is 18.7. The molecule has 0 nitrogen and oxygen atoms in total. The molecule has 1 radical (unpaired) electrons. The van der Waals surface area contributed by atoms with Crippen molar-refractivity contribution in [1.29, 1.82) is 0 Å². The van der Waals surface area contributed by atoms with Crippen LogP contribution in [0, 0.1) is 0 Å². The molecule has 0 rings (SSSR count). The predicted octanol–water partition coefficient (Wildman–Crippen LogP) is 7.09. The predicted molar refractivity (Wildman–Crippen MR) is 91.0 cm³/mol. The SMILES string of the molecule is CCCCCCCC[Si](Br)CCCCCCCC. The Morgan fingerprint density at radius 3 is 1.28 bits per heavy atom. The van der Waals surface area contributed by atoms with Crippen LogP contribution in [0.15, 0.2) is 0 Å². The molecule has 0 aliphatic heterocycles. The third-order valence-electron chi connectivity index (χ3n) is 3.60. The molecule has 0 spiro atoms. The zero-order chi connectivity index (χ0) is 13.5. The van der Waals surface area contributed by atoms with E-state index in [9.17, 15) is 0 Å². The maximum absolute atomic E-state index is 3.95. The highest BCUT2D eigenvalue weighted by Crippen LogP contribution is 2.18. The molecule has 0 saturated carbocycles. The molecular formula is C16H34BrSi. The van der Waals surface area contributed by atoms with E-state index in [4.69, 9.17) is 0 Å². The van der Waals surface area contributed by atoms with Gasteiger partial charge in [0, 0.05) is 0 Å². The molecule has 0 atom stereocenters. The molecule has 0 aromatic carbocycles. The van der Waals surface area contributed by atoms with E-state index in [0.29, 0.717) is 0 Å². The highest BCUT2D eigenvalue weighted by Gasteiger charge is 2.06. The Kier molecular flexibility index (Phi) is 16.4. The summed E-state index contributed by atoms with van der Waals surface area (Å²) in [5.41, 5.74) is 0. The zero-order valence-electron chi connectivity index (χ0n) is 12.8. The molecule has 0 aliphatic rings. The van der Waals surface area contributed by atoms with E-state index in [1.54, 1.807) is 0 Å². The lowest BCUT2D eigenvalue weighted by Crippen LogP contribution is -2.01. The number of rotatable bonds is 14. The minimum absolute atomic E-state index is 0.162. The lowest BCUT2D eigenvalue weighted by atomic mass is 10.1. The van der Waals surface area contributed by atoms with Gasteiger partial charge in [-0.3, -0.25) is 0 Å². The fourth-order valence-corrected chi connectivity index (χ4v) is 5.52. The first-order chi connectivity index (χ1) is 8.81. The van der Waals surface area contributed by atoms with Crippen LogP contribution in [0.25, 0.3) is 0 Å². The number of halogens is 1. The minimum Gasteiger partial charge on any atom is -0.129 e. The first-order valence-electron chi connectivity index (χ1n) is 8.31. The third-order valence-corrected chi connectivity index (χ3v) is 7.77. The highest BCUT2D eigenvalue weighted by atomic mass is 79.9. The molecule has 0 unspecified atom stereocenters. The number of hydrogen-bond acceptors (Lipinski definition) is 0. The Balaban J connectivity index is 3.10. The molecule has 0 amide bonds. The van der Waals surface area contributed by atoms with Crippen LogP contribution in [-0.2, 0) is 0 Å². The van der Waals surface area contributed by atoms with Gasteiger partial charge in [0.05, 0.1) is 0 Å². The van der Waals surface area contributed by atoms with Crippen LogP contribution in [0.4, 0.5) is 0 Å². The zero-order valence-corrected chi connectivity index (χ0v) is 15.4. The maximum Gasteiger partial charge on any atom is 0.135 e. The molecule has 0 aliphatic carbocycles. The second-order valence-electron chi connectivity index (χ2n) is 5.55. The van der Waals surface area contributed by atoms with Crippen molar-refractivity contribution in [2.75, 3.05) is 0 Å². The van der Waals surface area contributed by atoms with Gasteiger partial charge in [0.1, 0.15) is 7.42 Å². The summed E-state index contributed by atoms with van der Waals surface area (Å²) >= 11 is 3.95. The number of hydrogen-bond donors (Lipinski definition) is 0. The highest BCUT2D eigenvalue weighted by molar-refractivity contribution is 9.24. The van der Waals surface area contributed by atoms with Gasteiger partial charge >= 0.3 is 0 Å². The van der Waals surface area contributed by atoms with Gasteiger partial charge in [-0.2, -0.15) is 0 Å². The van der Waals surface area contributed by atoms with Crippen LogP contribution < -0.4 is 0 Å². The Morgan fingerprint density at radius 1 is 0.556 bits per heavy atom. The molecule has 2 heteroatoms. The molecule has 0 heterocycles. The molecule has 0 saturated heterocycles. The van der Waals surface area contributed by atoms with Gasteiger partial charge in [0.25, 0.3) is 0 Å². The summed E-state index contributed by atoms with van der Waals surface area (Å²) in [5.74, 6) is 0. The van der Waals surface area contributed by atoms with Gasteiger partial charge in [-0.05, 0) is 12.1 Å². The molecule has 18 heavy (non-hydrogen) atoms. The fraction of sp³-hybridized carbons (Fsp3) is 1.00.